The zero-order valence-corrected chi connectivity index (χ0v) is 19.3. The molecule has 0 aliphatic rings. The van der Waals surface area contributed by atoms with Gasteiger partial charge in [0, 0.05) is 24.3 Å². The van der Waals surface area contributed by atoms with Crippen molar-refractivity contribution in [2.45, 2.75) is 37.2 Å². The summed E-state index contributed by atoms with van der Waals surface area (Å²) in [6, 6.07) is 20.0. The monoisotopic (exact) mass is 478 g/mol. The molecular weight excluding hydrogens is 448 g/mol. The largest absolute Gasteiger partial charge is 0.481 e. The fourth-order valence-electron chi connectivity index (χ4n) is 2.02. The molecule has 0 heterocycles. The summed E-state index contributed by atoms with van der Waals surface area (Å²) in [5.74, 6) is -0.164. The fraction of sp³-hybridized carbons (Fsp3) is 0.273. The number of nitrogens with one attached hydrogen (secondary N) is 2. The lowest BCUT2D eigenvalue weighted by atomic mass is 10.2. The summed E-state index contributed by atoms with van der Waals surface area (Å²) in [5.41, 5.74) is 12.8. The van der Waals surface area contributed by atoms with Crippen LogP contribution in [0, 0.1) is 10.8 Å². The van der Waals surface area contributed by atoms with Gasteiger partial charge in [0.1, 0.15) is 0 Å². The summed E-state index contributed by atoms with van der Waals surface area (Å²) in [6.07, 6.45) is 1.02. The number of aliphatic carboxylic acids is 2. The third kappa shape index (κ3) is 20.3. The Morgan fingerprint density at radius 1 is 0.688 bits per heavy atom. The Balaban J connectivity index is 0.000000452. The number of thioether (sulfide) groups is 2. The van der Waals surface area contributed by atoms with Gasteiger partial charge in [0.15, 0.2) is 10.3 Å². The molecule has 10 heteroatoms. The van der Waals surface area contributed by atoms with Crippen LogP contribution in [0.3, 0.4) is 0 Å². The van der Waals surface area contributed by atoms with Crippen LogP contribution in [-0.4, -0.2) is 32.5 Å². The maximum atomic E-state index is 9.90. The molecule has 2 rings (SSSR count). The van der Waals surface area contributed by atoms with Crippen LogP contribution in [0.2, 0.25) is 0 Å². The van der Waals surface area contributed by atoms with Gasteiger partial charge in [-0.2, -0.15) is 0 Å². The summed E-state index contributed by atoms with van der Waals surface area (Å²) in [4.78, 5) is 19.8. The number of amidine groups is 2. The van der Waals surface area contributed by atoms with Crippen LogP contribution in [0.15, 0.2) is 60.7 Å². The molecule has 0 aliphatic carbocycles. The van der Waals surface area contributed by atoms with E-state index >= 15 is 0 Å². The molecule has 0 amide bonds. The smallest absolute Gasteiger partial charge is 0.303 e. The molecule has 0 radical (unpaired) electrons. The topological polar surface area (TPSA) is 174 Å². The van der Waals surface area contributed by atoms with Crippen LogP contribution >= 0.6 is 23.5 Å². The van der Waals surface area contributed by atoms with Crippen molar-refractivity contribution >= 4 is 45.8 Å². The van der Waals surface area contributed by atoms with Crippen molar-refractivity contribution in [2.24, 2.45) is 11.5 Å². The van der Waals surface area contributed by atoms with E-state index in [1.807, 2.05) is 60.7 Å². The lowest BCUT2D eigenvalue weighted by Crippen LogP contribution is -2.03. The van der Waals surface area contributed by atoms with Crippen molar-refractivity contribution < 1.29 is 19.8 Å². The first-order chi connectivity index (χ1) is 15.2. The Kier molecular flexibility index (Phi) is 17.0. The van der Waals surface area contributed by atoms with Crippen LogP contribution in [-0.2, 0) is 21.1 Å². The molecule has 8 N–H and O–H groups in total. The summed E-state index contributed by atoms with van der Waals surface area (Å²) in [6.45, 7) is 0. The van der Waals surface area contributed by atoms with Crippen molar-refractivity contribution in [3.63, 3.8) is 0 Å². The Morgan fingerprint density at radius 2 is 1.00 bits per heavy atom. The second-order valence-electron chi connectivity index (χ2n) is 6.27. The van der Waals surface area contributed by atoms with E-state index in [0.717, 1.165) is 11.5 Å². The van der Waals surface area contributed by atoms with Crippen LogP contribution in [0.4, 0.5) is 0 Å². The van der Waals surface area contributed by atoms with Crippen molar-refractivity contribution in [3.8, 4) is 0 Å². The first kappa shape index (κ1) is 29.0. The van der Waals surface area contributed by atoms with E-state index in [0.29, 0.717) is 12.8 Å². The van der Waals surface area contributed by atoms with Gasteiger partial charge in [0.2, 0.25) is 0 Å². The van der Waals surface area contributed by atoms with Gasteiger partial charge in [-0.15, -0.1) is 0 Å². The highest BCUT2D eigenvalue weighted by atomic mass is 32.2. The number of nitrogens with two attached hydrogens (primary N) is 2. The highest BCUT2D eigenvalue weighted by molar-refractivity contribution is 8.13. The average molecular weight is 479 g/mol. The number of carboxylic acid groups (broad SMARTS) is 2. The van der Waals surface area contributed by atoms with Gasteiger partial charge in [-0.25, -0.2) is 0 Å². The Labute approximate surface area is 196 Å². The molecule has 32 heavy (non-hydrogen) atoms. The van der Waals surface area contributed by atoms with Gasteiger partial charge < -0.3 is 21.7 Å². The van der Waals surface area contributed by atoms with Crippen LogP contribution in [0.1, 0.15) is 36.8 Å². The van der Waals surface area contributed by atoms with E-state index in [4.69, 9.17) is 32.5 Å². The Morgan fingerprint density at radius 3 is 1.25 bits per heavy atom. The van der Waals surface area contributed by atoms with Crippen LogP contribution < -0.4 is 11.5 Å². The number of hydrogen-bond donors (Lipinski definition) is 6. The molecule has 0 atom stereocenters. The SMILES string of the molecule is N=C(N)SCc1ccccc1.N=C(N)SCc1ccccc1.O=C(O)CCCCC(=O)O. The van der Waals surface area contributed by atoms with Gasteiger partial charge in [-0.05, 0) is 24.0 Å². The predicted molar refractivity (Wildman–Crippen MR) is 133 cm³/mol. The Bertz CT molecular complexity index is 752. The zero-order valence-electron chi connectivity index (χ0n) is 17.7. The van der Waals surface area contributed by atoms with Crippen LogP contribution in [0.25, 0.3) is 0 Å². The molecule has 0 spiro atoms. The first-order valence-electron chi connectivity index (χ1n) is 9.65. The van der Waals surface area contributed by atoms with Gasteiger partial charge in [0.05, 0.1) is 0 Å². The second-order valence-corrected chi connectivity index (χ2v) is 8.31. The number of benzene rings is 2. The molecular formula is C22H30N4O4S2. The van der Waals surface area contributed by atoms with Gasteiger partial charge in [-0.3, -0.25) is 20.4 Å². The van der Waals surface area contributed by atoms with Gasteiger partial charge in [-0.1, -0.05) is 84.2 Å². The van der Waals surface area contributed by atoms with E-state index < -0.39 is 11.9 Å². The van der Waals surface area contributed by atoms with Crippen LogP contribution in [0.5, 0.6) is 0 Å². The molecule has 2 aromatic rings. The maximum Gasteiger partial charge on any atom is 0.303 e. The Hall–Kier alpha value is -2.98. The minimum atomic E-state index is -0.870. The van der Waals surface area contributed by atoms with Crippen molar-refractivity contribution in [3.05, 3.63) is 71.8 Å². The molecule has 0 unspecified atom stereocenters. The summed E-state index contributed by atoms with van der Waals surface area (Å²) in [7, 11) is 0. The molecule has 0 bridgehead atoms. The molecule has 0 saturated carbocycles. The van der Waals surface area contributed by atoms with E-state index in [9.17, 15) is 9.59 Å². The van der Waals surface area contributed by atoms with Crippen molar-refractivity contribution in [1.29, 1.82) is 10.8 Å². The summed E-state index contributed by atoms with van der Waals surface area (Å²) >= 11 is 2.69. The normalized spacial score (nSPS) is 9.38. The van der Waals surface area contributed by atoms with E-state index in [1.165, 1.54) is 34.7 Å². The van der Waals surface area contributed by atoms with Gasteiger partial charge in [0.25, 0.3) is 0 Å². The number of hydrogen-bond acceptors (Lipinski definition) is 6. The predicted octanol–water partition coefficient (Wildman–Crippen LogP) is 4.34. The zero-order chi connectivity index (χ0) is 24.2. The van der Waals surface area contributed by atoms with Crippen molar-refractivity contribution in [2.75, 3.05) is 0 Å². The fourth-order valence-corrected chi connectivity index (χ4v) is 3.05. The molecule has 2 aromatic carbocycles. The first-order valence-corrected chi connectivity index (χ1v) is 11.6. The molecule has 0 saturated heterocycles. The molecule has 8 nitrogen and oxygen atoms in total. The third-order valence-electron chi connectivity index (χ3n) is 3.51. The number of rotatable bonds is 9. The van der Waals surface area contributed by atoms with E-state index in [2.05, 4.69) is 0 Å². The number of carboxylic acids is 2. The third-order valence-corrected chi connectivity index (χ3v) is 5.08. The van der Waals surface area contributed by atoms with E-state index in [1.54, 1.807) is 0 Å². The lowest BCUT2D eigenvalue weighted by molar-refractivity contribution is -0.139. The molecule has 0 aliphatic heterocycles. The number of unbranched alkanes of at least 4 members (excludes halogenated alkanes) is 1. The quantitative estimate of drug-likeness (QED) is 0.175. The molecule has 174 valence electrons. The minimum Gasteiger partial charge on any atom is -0.481 e. The maximum absolute atomic E-state index is 9.90. The van der Waals surface area contributed by atoms with E-state index in [-0.39, 0.29) is 23.2 Å². The van der Waals surface area contributed by atoms with Gasteiger partial charge >= 0.3 is 11.9 Å². The second kappa shape index (κ2) is 18.8. The number of carbonyl (C=O) groups is 2. The summed E-state index contributed by atoms with van der Waals surface area (Å²) < 4.78 is 0. The standard InChI is InChI=1S/2C8H10N2S.C6H10O4/c2*9-8(10)11-6-7-4-2-1-3-5-7;7-5(8)3-1-2-4-6(9)10/h2*1-5H,6H2,(H3,9,10);1-4H2,(H,7,8)(H,9,10). The summed E-state index contributed by atoms with van der Waals surface area (Å²) in [5, 5.41) is 30.6. The molecule has 0 fully saturated rings. The average Bonchev–Trinajstić information content (AvgIpc) is 2.76. The van der Waals surface area contributed by atoms with Crippen molar-refractivity contribution in [1.82, 2.24) is 0 Å². The molecule has 0 aromatic heterocycles. The highest BCUT2D eigenvalue weighted by Crippen LogP contribution is 2.10. The minimum absolute atomic E-state index is 0.0628. The highest BCUT2D eigenvalue weighted by Gasteiger charge is 1.99. The lowest BCUT2D eigenvalue weighted by Gasteiger charge is -1.97.